The summed E-state index contributed by atoms with van der Waals surface area (Å²) in [6.45, 7) is 4.81. The molecule has 1 aromatic carbocycles. The molecule has 0 radical (unpaired) electrons. The predicted molar refractivity (Wildman–Crippen MR) is 151 cm³/mol. The van der Waals surface area contributed by atoms with Crippen LogP contribution < -0.4 is 15.5 Å². The Hall–Kier alpha value is -4.05. The van der Waals surface area contributed by atoms with E-state index in [1.807, 2.05) is 39.2 Å². The minimum atomic E-state index is -0.301. The Labute approximate surface area is 227 Å². The third-order valence-corrected chi connectivity index (χ3v) is 7.95. The van der Waals surface area contributed by atoms with E-state index in [4.69, 9.17) is 4.98 Å². The number of benzene rings is 1. The van der Waals surface area contributed by atoms with E-state index in [1.54, 1.807) is 22.0 Å². The molecule has 3 aromatic heterocycles. The zero-order valence-electron chi connectivity index (χ0n) is 22.5. The maximum atomic E-state index is 15.3. The number of rotatable bonds is 5. The lowest BCUT2D eigenvalue weighted by Crippen LogP contribution is -2.41. The van der Waals surface area contributed by atoms with Crippen LogP contribution in [0.15, 0.2) is 42.7 Å². The van der Waals surface area contributed by atoms with Gasteiger partial charge in [-0.25, -0.2) is 14.4 Å². The predicted octanol–water partition coefficient (Wildman–Crippen LogP) is 3.89. The molecule has 9 nitrogen and oxygen atoms in total. The molecule has 0 unspecified atom stereocenters. The second-order valence-corrected chi connectivity index (χ2v) is 10.5. The topological polar surface area (TPSA) is 91.2 Å². The first kappa shape index (κ1) is 25.2. The molecule has 6 rings (SSSR count). The van der Waals surface area contributed by atoms with Crippen LogP contribution in [0.25, 0.3) is 21.9 Å². The number of nitrogens with one attached hydrogen (secondary N) is 2. The number of likely N-dealkylation sites (N-methyl/N-ethyl adjacent to an activating group) is 1. The molecule has 0 spiro atoms. The average Bonchev–Trinajstić information content (AvgIpc) is 3.26. The Bertz CT molecular complexity index is 1540. The Balaban J connectivity index is 1.25. The molecule has 1 fully saturated rings. The molecular formula is C29H33FN8O. The molecule has 4 aromatic rings. The van der Waals surface area contributed by atoms with Crippen molar-refractivity contribution in [2.75, 3.05) is 43.9 Å². The van der Waals surface area contributed by atoms with Crippen LogP contribution in [-0.2, 0) is 17.8 Å². The number of aromatic nitrogens is 4. The van der Waals surface area contributed by atoms with Gasteiger partial charge in [0.05, 0.1) is 0 Å². The molecule has 0 atom stereocenters. The summed E-state index contributed by atoms with van der Waals surface area (Å²) in [5.41, 5.74) is 3.28. The highest BCUT2D eigenvalue weighted by atomic mass is 19.1. The molecule has 5 heterocycles. The quantitative estimate of drug-likeness (QED) is 0.406. The average molecular weight is 529 g/mol. The minimum absolute atomic E-state index is 0.0398. The Morgan fingerprint density at radius 1 is 0.949 bits per heavy atom. The zero-order chi connectivity index (χ0) is 27.1. The molecule has 0 bridgehead atoms. The minimum Gasteiger partial charge on any atom is -0.356 e. The van der Waals surface area contributed by atoms with Gasteiger partial charge in [-0.15, -0.1) is 0 Å². The Kier molecular flexibility index (Phi) is 6.64. The van der Waals surface area contributed by atoms with E-state index in [0.29, 0.717) is 35.2 Å². The number of amides is 1. The van der Waals surface area contributed by atoms with Crippen molar-refractivity contribution in [2.24, 2.45) is 0 Å². The SMILES string of the molecule is CNC1CCN(c2cc(C)c(-c3cc4cc(Nc5cc6n(n5)CC(=O)N(C)CC6)ncc4cc3F)cn2)CC1. The maximum absolute atomic E-state index is 15.3. The fourth-order valence-corrected chi connectivity index (χ4v) is 5.48. The summed E-state index contributed by atoms with van der Waals surface area (Å²) in [6, 6.07) is 9.84. The highest BCUT2D eigenvalue weighted by Gasteiger charge is 2.21. The Morgan fingerprint density at radius 3 is 2.54 bits per heavy atom. The van der Waals surface area contributed by atoms with Crippen LogP contribution in [0.1, 0.15) is 24.1 Å². The summed E-state index contributed by atoms with van der Waals surface area (Å²) in [5, 5.41) is 12.7. The summed E-state index contributed by atoms with van der Waals surface area (Å²) in [4.78, 5) is 25.4. The van der Waals surface area contributed by atoms with E-state index in [0.717, 1.165) is 60.4 Å². The lowest BCUT2D eigenvalue weighted by molar-refractivity contribution is -0.130. The summed E-state index contributed by atoms with van der Waals surface area (Å²) in [5.74, 6) is 1.91. The maximum Gasteiger partial charge on any atom is 0.244 e. The first-order valence-electron chi connectivity index (χ1n) is 13.4. The molecule has 2 aliphatic heterocycles. The third kappa shape index (κ3) is 5.04. The van der Waals surface area contributed by atoms with E-state index >= 15 is 4.39 Å². The fourth-order valence-electron chi connectivity index (χ4n) is 5.48. The number of aryl methyl sites for hydroxylation is 1. The van der Waals surface area contributed by atoms with Gasteiger partial charge in [0.15, 0.2) is 5.82 Å². The van der Waals surface area contributed by atoms with Crippen molar-refractivity contribution in [1.29, 1.82) is 0 Å². The number of pyridine rings is 2. The first-order valence-corrected chi connectivity index (χ1v) is 13.4. The van der Waals surface area contributed by atoms with Crippen molar-refractivity contribution >= 4 is 34.1 Å². The smallest absolute Gasteiger partial charge is 0.244 e. The molecule has 202 valence electrons. The van der Waals surface area contributed by atoms with Gasteiger partial charge in [0.1, 0.15) is 24.0 Å². The third-order valence-electron chi connectivity index (χ3n) is 7.95. The number of hydrogen-bond acceptors (Lipinski definition) is 7. The van der Waals surface area contributed by atoms with Crippen LogP contribution in [-0.4, -0.2) is 70.3 Å². The van der Waals surface area contributed by atoms with Crippen LogP contribution in [0.4, 0.5) is 21.8 Å². The molecule has 0 saturated carbocycles. The van der Waals surface area contributed by atoms with Gasteiger partial charge in [-0.2, -0.15) is 5.10 Å². The fraction of sp³-hybridized carbons (Fsp3) is 0.379. The van der Waals surface area contributed by atoms with Crippen molar-refractivity contribution in [3.8, 4) is 11.1 Å². The van der Waals surface area contributed by atoms with Crippen LogP contribution >= 0.6 is 0 Å². The van der Waals surface area contributed by atoms with Crippen molar-refractivity contribution in [1.82, 2.24) is 30.0 Å². The van der Waals surface area contributed by atoms with Gasteiger partial charge in [-0.05, 0) is 62.0 Å². The molecule has 1 amide bonds. The lowest BCUT2D eigenvalue weighted by atomic mass is 9.99. The highest BCUT2D eigenvalue weighted by molar-refractivity contribution is 5.89. The van der Waals surface area contributed by atoms with Gasteiger partial charge < -0.3 is 20.4 Å². The first-order chi connectivity index (χ1) is 18.9. The van der Waals surface area contributed by atoms with Crippen LogP contribution in [0.5, 0.6) is 0 Å². The molecule has 0 aliphatic carbocycles. The molecule has 10 heteroatoms. The van der Waals surface area contributed by atoms with Gasteiger partial charge in [-0.3, -0.25) is 9.48 Å². The van der Waals surface area contributed by atoms with E-state index in [9.17, 15) is 4.79 Å². The number of halogens is 1. The van der Waals surface area contributed by atoms with E-state index in [2.05, 4.69) is 31.7 Å². The number of nitrogens with zero attached hydrogens (tertiary/aromatic N) is 6. The van der Waals surface area contributed by atoms with Crippen LogP contribution in [0.3, 0.4) is 0 Å². The number of carbonyl (C=O) groups excluding carboxylic acids is 1. The number of fused-ring (bicyclic) bond motifs is 2. The van der Waals surface area contributed by atoms with Crippen molar-refractivity contribution in [2.45, 2.75) is 38.8 Å². The molecule has 2 N–H and O–H groups in total. The second-order valence-electron chi connectivity index (χ2n) is 10.5. The monoisotopic (exact) mass is 528 g/mol. The largest absolute Gasteiger partial charge is 0.356 e. The van der Waals surface area contributed by atoms with Crippen molar-refractivity contribution in [3.05, 3.63) is 59.8 Å². The van der Waals surface area contributed by atoms with Crippen LogP contribution in [0.2, 0.25) is 0 Å². The Morgan fingerprint density at radius 2 is 1.77 bits per heavy atom. The standard InChI is InChI=1S/C29H33FN8O/c1-18-10-28(37-8-4-21(31-2)5-9-37)33-16-24(18)23-11-19-13-26(32-15-20(19)12-25(23)30)34-27-14-22-6-7-36(3)29(39)17-38(22)35-27/h10-16,21,31H,4-9,17H2,1-3H3,(H,32,34,35). The summed E-state index contributed by atoms with van der Waals surface area (Å²) in [6.07, 6.45) is 6.36. The molecular weight excluding hydrogens is 495 g/mol. The summed E-state index contributed by atoms with van der Waals surface area (Å²) >= 11 is 0. The number of piperidine rings is 1. The number of hydrogen-bond donors (Lipinski definition) is 2. The summed E-state index contributed by atoms with van der Waals surface area (Å²) in [7, 11) is 3.82. The molecule has 1 saturated heterocycles. The van der Waals surface area contributed by atoms with Gasteiger partial charge in [0, 0.05) is 79.8 Å². The highest BCUT2D eigenvalue weighted by Crippen LogP contribution is 2.32. The molecule has 39 heavy (non-hydrogen) atoms. The number of carbonyl (C=O) groups is 1. The van der Waals surface area contributed by atoms with E-state index in [1.165, 1.54) is 6.07 Å². The summed E-state index contributed by atoms with van der Waals surface area (Å²) < 4.78 is 17.0. The van der Waals surface area contributed by atoms with Gasteiger partial charge in [-0.1, -0.05) is 0 Å². The van der Waals surface area contributed by atoms with Gasteiger partial charge in [0.2, 0.25) is 5.91 Å². The normalized spacial score (nSPS) is 16.5. The van der Waals surface area contributed by atoms with E-state index in [-0.39, 0.29) is 18.3 Å². The van der Waals surface area contributed by atoms with Crippen molar-refractivity contribution < 1.29 is 9.18 Å². The van der Waals surface area contributed by atoms with E-state index < -0.39 is 0 Å². The molecule has 2 aliphatic rings. The van der Waals surface area contributed by atoms with Gasteiger partial charge in [0.25, 0.3) is 0 Å². The van der Waals surface area contributed by atoms with Crippen LogP contribution in [0, 0.1) is 12.7 Å². The lowest BCUT2D eigenvalue weighted by Gasteiger charge is -2.32. The van der Waals surface area contributed by atoms with Gasteiger partial charge >= 0.3 is 0 Å². The number of anilines is 3. The zero-order valence-corrected chi connectivity index (χ0v) is 22.5. The van der Waals surface area contributed by atoms with Crippen molar-refractivity contribution in [3.63, 3.8) is 0 Å². The second kappa shape index (κ2) is 10.3.